The molecule has 0 aliphatic carbocycles. The van der Waals surface area contributed by atoms with Gasteiger partial charge in [-0.1, -0.05) is 24.3 Å². The number of carbonyl (C=O) groups excluding carboxylic acids is 1. The van der Waals surface area contributed by atoms with Crippen LogP contribution in [0.15, 0.2) is 42.5 Å². The van der Waals surface area contributed by atoms with E-state index in [4.69, 9.17) is 9.47 Å². The number of rotatable bonds is 8. The van der Waals surface area contributed by atoms with Gasteiger partial charge in [-0.3, -0.25) is 4.79 Å². The van der Waals surface area contributed by atoms with E-state index in [0.29, 0.717) is 6.54 Å². The molecule has 2 rings (SSSR count). The normalized spacial score (nSPS) is 11.7. The van der Waals surface area contributed by atoms with Gasteiger partial charge in [0.05, 0.1) is 27.8 Å². The van der Waals surface area contributed by atoms with Crippen LogP contribution in [0.3, 0.4) is 0 Å². The number of likely N-dealkylation sites (N-methyl/N-ethyl adjacent to an activating group) is 1. The van der Waals surface area contributed by atoms with Gasteiger partial charge in [0.1, 0.15) is 0 Å². The fourth-order valence-electron chi connectivity index (χ4n) is 2.66. The average molecular weight is 343 g/mol. The summed E-state index contributed by atoms with van der Waals surface area (Å²) in [4.78, 5) is 13.4. The van der Waals surface area contributed by atoms with Crippen molar-refractivity contribution in [3.05, 3.63) is 53.6 Å². The molecule has 0 heterocycles. The van der Waals surface area contributed by atoms with Crippen LogP contribution < -0.4 is 19.7 Å². The number of carbonyl (C=O) groups is 1. The maximum atomic E-state index is 12.2. The molecule has 0 aliphatic rings. The molecule has 0 aliphatic heterocycles. The number of benzene rings is 2. The molecule has 0 radical (unpaired) electrons. The molecule has 1 amide bonds. The van der Waals surface area contributed by atoms with Crippen LogP contribution in [0, 0.1) is 6.92 Å². The Balaban J connectivity index is 1.85. The molecule has 0 spiro atoms. The number of aryl methyl sites for hydroxylation is 1. The molecule has 0 aromatic heterocycles. The second-order valence-corrected chi connectivity index (χ2v) is 6.19. The molecule has 0 saturated heterocycles. The number of para-hydroxylation sites is 1. The van der Waals surface area contributed by atoms with Gasteiger partial charge >= 0.3 is 0 Å². The van der Waals surface area contributed by atoms with Crippen molar-refractivity contribution in [1.29, 1.82) is 0 Å². The fraction of sp³-hybridized carbons (Fsp3) is 0.350. The molecule has 5 heteroatoms. The van der Waals surface area contributed by atoms with E-state index < -0.39 is 0 Å². The summed E-state index contributed by atoms with van der Waals surface area (Å²) in [6, 6.07) is 13.7. The van der Waals surface area contributed by atoms with Gasteiger partial charge in [-0.05, 0) is 36.2 Å². The zero-order chi connectivity index (χ0) is 18.2. The Labute approximate surface area is 149 Å². The maximum Gasteiger partial charge on any atom is 0.279 e. The Bertz CT molecular complexity index is 716. The second kappa shape index (κ2) is 9.08. The molecule has 5 nitrogen and oxygen atoms in total. The molecular weight excluding hydrogens is 316 g/mol. The molecule has 0 saturated carbocycles. The van der Waals surface area contributed by atoms with E-state index in [9.17, 15) is 4.79 Å². The van der Waals surface area contributed by atoms with Crippen molar-refractivity contribution in [2.24, 2.45) is 0 Å². The largest absolute Gasteiger partial charge is 0.493 e. The van der Waals surface area contributed by atoms with Crippen LogP contribution in [0.1, 0.15) is 11.1 Å². The molecule has 0 bridgehead atoms. The third kappa shape index (κ3) is 5.50. The molecule has 134 valence electrons. The Hall–Kier alpha value is -2.53. The summed E-state index contributed by atoms with van der Waals surface area (Å²) < 4.78 is 10.6. The Morgan fingerprint density at radius 3 is 2.48 bits per heavy atom. The first-order valence-corrected chi connectivity index (χ1v) is 8.41. The lowest BCUT2D eigenvalue weighted by molar-refractivity contribution is -0.870. The predicted molar refractivity (Wildman–Crippen MR) is 99.7 cm³/mol. The lowest BCUT2D eigenvalue weighted by Gasteiger charge is -2.15. The Morgan fingerprint density at radius 1 is 1.08 bits per heavy atom. The maximum absolute atomic E-state index is 12.2. The van der Waals surface area contributed by atoms with E-state index in [1.54, 1.807) is 14.2 Å². The van der Waals surface area contributed by atoms with E-state index in [1.165, 1.54) is 0 Å². The quantitative estimate of drug-likeness (QED) is 0.767. The van der Waals surface area contributed by atoms with Crippen molar-refractivity contribution in [2.75, 3.05) is 39.7 Å². The number of hydrogen-bond acceptors (Lipinski definition) is 3. The molecule has 2 N–H and O–H groups in total. The van der Waals surface area contributed by atoms with Gasteiger partial charge in [0.25, 0.3) is 5.91 Å². The van der Waals surface area contributed by atoms with Crippen LogP contribution in [-0.4, -0.2) is 40.3 Å². The summed E-state index contributed by atoms with van der Waals surface area (Å²) in [6.07, 6.45) is 0.865. The summed E-state index contributed by atoms with van der Waals surface area (Å²) in [5, 5.41) is 2.98. The molecule has 25 heavy (non-hydrogen) atoms. The monoisotopic (exact) mass is 343 g/mol. The minimum atomic E-state index is 0.0270. The van der Waals surface area contributed by atoms with Crippen LogP contribution in [0.5, 0.6) is 11.5 Å². The van der Waals surface area contributed by atoms with Gasteiger partial charge in [0.15, 0.2) is 18.0 Å². The number of anilines is 1. The zero-order valence-electron chi connectivity index (χ0n) is 15.4. The van der Waals surface area contributed by atoms with Crippen molar-refractivity contribution >= 4 is 11.6 Å². The molecular formula is C20H27N2O3+. The predicted octanol–water partition coefficient (Wildman–Crippen LogP) is 1.71. The molecule has 2 aromatic rings. The Kier molecular flexibility index (Phi) is 6.83. The van der Waals surface area contributed by atoms with Gasteiger partial charge in [-0.2, -0.15) is 0 Å². The number of methoxy groups -OCH3 is 2. The summed E-state index contributed by atoms with van der Waals surface area (Å²) in [7, 11) is 5.29. The van der Waals surface area contributed by atoms with E-state index >= 15 is 0 Å². The number of hydrogen-bond donors (Lipinski definition) is 2. The van der Waals surface area contributed by atoms with E-state index in [0.717, 1.165) is 46.2 Å². The van der Waals surface area contributed by atoms with Crippen molar-refractivity contribution in [3.8, 4) is 11.5 Å². The van der Waals surface area contributed by atoms with Gasteiger partial charge in [-0.25, -0.2) is 0 Å². The van der Waals surface area contributed by atoms with Crippen molar-refractivity contribution in [3.63, 3.8) is 0 Å². The van der Waals surface area contributed by atoms with Gasteiger partial charge in [-0.15, -0.1) is 0 Å². The Morgan fingerprint density at radius 2 is 1.80 bits per heavy atom. The minimum absolute atomic E-state index is 0.0270. The smallest absolute Gasteiger partial charge is 0.279 e. The summed E-state index contributed by atoms with van der Waals surface area (Å²) in [6.45, 7) is 3.28. The van der Waals surface area contributed by atoms with Crippen LogP contribution in [0.25, 0.3) is 0 Å². The van der Waals surface area contributed by atoms with Crippen LogP contribution >= 0.6 is 0 Å². The first kappa shape index (κ1) is 18.8. The average Bonchev–Trinajstić information content (AvgIpc) is 2.61. The molecule has 2 aromatic carbocycles. The first-order valence-electron chi connectivity index (χ1n) is 8.41. The molecule has 1 unspecified atom stereocenters. The fourth-order valence-corrected chi connectivity index (χ4v) is 2.66. The van der Waals surface area contributed by atoms with Crippen LogP contribution in [-0.2, 0) is 11.2 Å². The standard InChI is InChI=1S/C20H26N2O3/c1-15-7-5-6-8-17(15)21-20(23)14-22(2)12-11-16-9-10-18(24-3)19(13-16)25-4/h5-10,13H,11-12,14H2,1-4H3,(H,21,23)/p+1. The summed E-state index contributed by atoms with van der Waals surface area (Å²) >= 11 is 0. The van der Waals surface area contributed by atoms with E-state index in [-0.39, 0.29) is 5.91 Å². The SMILES string of the molecule is COc1ccc(CC[NH+](C)CC(=O)Nc2ccccc2C)cc1OC. The van der Waals surface area contributed by atoms with Crippen molar-refractivity contribution in [1.82, 2.24) is 0 Å². The summed E-state index contributed by atoms with van der Waals surface area (Å²) in [5.41, 5.74) is 3.11. The van der Waals surface area contributed by atoms with E-state index in [1.807, 2.05) is 56.4 Å². The van der Waals surface area contributed by atoms with Gasteiger partial charge < -0.3 is 19.7 Å². The molecule has 1 atom stereocenters. The number of quaternary nitrogens is 1. The van der Waals surface area contributed by atoms with Gasteiger partial charge in [0.2, 0.25) is 0 Å². The highest BCUT2D eigenvalue weighted by molar-refractivity contribution is 5.92. The zero-order valence-corrected chi connectivity index (χ0v) is 15.4. The highest BCUT2D eigenvalue weighted by Gasteiger charge is 2.12. The third-order valence-corrected chi connectivity index (χ3v) is 4.17. The number of nitrogens with one attached hydrogen (secondary N) is 2. The topological polar surface area (TPSA) is 52.0 Å². The number of amides is 1. The van der Waals surface area contributed by atoms with Gasteiger partial charge in [0, 0.05) is 12.1 Å². The van der Waals surface area contributed by atoms with Crippen LogP contribution in [0.2, 0.25) is 0 Å². The van der Waals surface area contributed by atoms with E-state index in [2.05, 4.69) is 5.32 Å². The highest BCUT2D eigenvalue weighted by Crippen LogP contribution is 2.27. The lowest BCUT2D eigenvalue weighted by atomic mass is 10.1. The second-order valence-electron chi connectivity index (χ2n) is 6.19. The van der Waals surface area contributed by atoms with Crippen molar-refractivity contribution in [2.45, 2.75) is 13.3 Å². The third-order valence-electron chi connectivity index (χ3n) is 4.17. The number of ether oxygens (including phenoxy) is 2. The molecule has 0 fully saturated rings. The highest BCUT2D eigenvalue weighted by atomic mass is 16.5. The first-order chi connectivity index (χ1) is 12.0. The van der Waals surface area contributed by atoms with Crippen LogP contribution in [0.4, 0.5) is 5.69 Å². The summed E-state index contributed by atoms with van der Waals surface area (Å²) in [5.74, 6) is 1.48. The lowest BCUT2D eigenvalue weighted by Crippen LogP contribution is -3.10. The van der Waals surface area contributed by atoms with Crippen molar-refractivity contribution < 1.29 is 19.2 Å². The minimum Gasteiger partial charge on any atom is -0.493 e.